The van der Waals surface area contributed by atoms with Crippen molar-refractivity contribution in [1.82, 2.24) is 14.9 Å². The van der Waals surface area contributed by atoms with Crippen LogP contribution in [-0.2, 0) is 11.3 Å². The third kappa shape index (κ3) is 2.67. The Morgan fingerprint density at radius 1 is 1.53 bits per heavy atom. The van der Waals surface area contributed by atoms with Gasteiger partial charge >= 0.3 is 0 Å². The molecule has 0 saturated heterocycles. The number of nitrogens with two attached hydrogens (primary N) is 1. The van der Waals surface area contributed by atoms with Crippen LogP contribution in [0.5, 0.6) is 0 Å². The highest BCUT2D eigenvalue weighted by Gasteiger charge is 2.14. The first-order valence-corrected chi connectivity index (χ1v) is 6.09. The second kappa shape index (κ2) is 4.87. The molecule has 1 heterocycles. The number of rotatable bonds is 3. The number of hydrogen-bond acceptors (Lipinski definition) is 3. The molecule has 0 bridgehead atoms. The van der Waals surface area contributed by atoms with Crippen LogP contribution in [0.1, 0.15) is 19.4 Å². The van der Waals surface area contributed by atoms with Crippen molar-refractivity contribution in [3.63, 3.8) is 0 Å². The average Bonchev–Trinajstić information content (AvgIpc) is 2.56. The normalized spacial score (nSPS) is 11.2. The summed E-state index contributed by atoms with van der Waals surface area (Å²) >= 11 is 0. The average molecular weight is 264 g/mol. The summed E-state index contributed by atoms with van der Waals surface area (Å²) in [6.07, 6.45) is 0. The van der Waals surface area contributed by atoms with Crippen molar-refractivity contribution < 1.29 is 9.18 Å². The topological polar surface area (TPSA) is 72.9 Å². The maximum absolute atomic E-state index is 13.5. The van der Waals surface area contributed by atoms with Crippen LogP contribution in [0.25, 0.3) is 11.0 Å². The second-order valence-electron chi connectivity index (χ2n) is 4.87. The summed E-state index contributed by atoms with van der Waals surface area (Å²) in [6.45, 7) is 5.50. The lowest BCUT2D eigenvalue weighted by Gasteiger charge is -2.10. The molecule has 0 unspecified atom stereocenters. The standard InChI is InChI=1S/C13H17FN4O/c1-7(2)16-12(19)6-18-11-4-8(3)9(14)5-10(11)17-13(18)15/h4-5,7H,6H2,1-3H3,(H2,15,17)(H,16,19). The summed E-state index contributed by atoms with van der Waals surface area (Å²) in [5, 5.41) is 2.78. The maximum atomic E-state index is 13.5. The molecule has 0 fully saturated rings. The smallest absolute Gasteiger partial charge is 0.240 e. The van der Waals surface area contributed by atoms with Crippen LogP contribution in [-0.4, -0.2) is 21.5 Å². The molecule has 2 aromatic rings. The lowest BCUT2D eigenvalue weighted by Crippen LogP contribution is -2.33. The number of halogens is 1. The highest BCUT2D eigenvalue weighted by atomic mass is 19.1. The molecule has 0 saturated carbocycles. The molecular weight excluding hydrogens is 247 g/mol. The molecule has 0 aliphatic carbocycles. The van der Waals surface area contributed by atoms with Crippen molar-refractivity contribution in [2.75, 3.05) is 5.73 Å². The van der Waals surface area contributed by atoms with E-state index in [9.17, 15) is 9.18 Å². The van der Waals surface area contributed by atoms with Crippen LogP contribution in [0.2, 0.25) is 0 Å². The number of aryl methyl sites for hydroxylation is 1. The van der Waals surface area contributed by atoms with Crippen LogP contribution in [0.3, 0.4) is 0 Å². The molecule has 0 aliphatic rings. The third-order valence-electron chi connectivity index (χ3n) is 2.81. The van der Waals surface area contributed by atoms with E-state index in [1.165, 1.54) is 6.07 Å². The fourth-order valence-electron chi connectivity index (χ4n) is 1.95. The zero-order valence-electron chi connectivity index (χ0n) is 11.2. The SMILES string of the molecule is Cc1cc2c(cc1F)nc(N)n2CC(=O)NC(C)C. The zero-order chi connectivity index (χ0) is 14.2. The largest absolute Gasteiger partial charge is 0.369 e. The lowest BCUT2D eigenvalue weighted by molar-refractivity contribution is -0.122. The molecule has 0 atom stereocenters. The molecule has 5 nitrogen and oxygen atoms in total. The fraction of sp³-hybridized carbons (Fsp3) is 0.385. The van der Waals surface area contributed by atoms with Crippen LogP contribution in [0.15, 0.2) is 12.1 Å². The molecule has 1 aromatic heterocycles. The van der Waals surface area contributed by atoms with Gasteiger partial charge < -0.3 is 15.6 Å². The van der Waals surface area contributed by atoms with E-state index in [4.69, 9.17) is 5.73 Å². The van der Waals surface area contributed by atoms with E-state index in [2.05, 4.69) is 10.3 Å². The van der Waals surface area contributed by atoms with Crippen molar-refractivity contribution in [3.05, 3.63) is 23.5 Å². The summed E-state index contributed by atoms with van der Waals surface area (Å²) in [4.78, 5) is 15.8. The number of nitrogen functional groups attached to an aromatic ring is 1. The summed E-state index contributed by atoms with van der Waals surface area (Å²) in [6, 6.07) is 3.04. The number of hydrogen-bond donors (Lipinski definition) is 2. The monoisotopic (exact) mass is 264 g/mol. The molecule has 0 aliphatic heterocycles. The highest BCUT2D eigenvalue weighted by Crippen LogP contribution is 2.21. The summed E-state index contributed by atoms with van der Waals surface area (Å²) in [7, 11) is 0. The minimum Gasteiger partial charge on any atom is -0.369 e. The molecule has 0 radical (unpaired) electrons. The van der Waals surface area contributed by atoms with Gasteiger partial charge in [-0.25, -0.2) is 9.37 Å². The number of anilines is 1. The molecule has 3 N–H and O–H groups in total. The van der Waals surface area contributed by atoms with Gasteiger partial charge in [0.15, 0.2) is 0 Å². The van der Waals surface area contributed by atoms with Crippen molar-refractivity contribution in [1.29, 1.82) is 0 Å². The van der Waals surface area contributed by atoms with Gasteiger partial charge in [0.25, 0.3) is 0 Å². The Balaban J connectivity index is 2.40. The van der Waals surface area contributed by atoms with E-state index in [0.717, 1.165) is 0 Å². The van der Waals surface area contributed by atoms with Crippen molar-refractivity contribution in [2.45, 2.75) is 33.4 Å². The maximum Gasteiger partial charge on any atom is 0.240 e. The van der Waals surface area contributed by atoms with E-state index in [0.29, 0.717) is 16.6 Å². The number of imidazole rings is 1. The van der Waals surface area contributed by atoms with Gasteiger partial charge in [-0.1, -0.05) is 0 Å². The van der Waals surface area contributed by atoms with Gasteiger partial charge in [0, 0.05) is 12.1 Å². The van der Waals surface area contributed by atoms with E-state index in [-0.39, 0.29) is 30.3 Å². The number of carbonyl (C=O) groups excluding carboxylic acids is 1. The van der Waals surface area contributed by atoms with Gasteiger partial charge in [0.2, 0.25) is 11.9 Å². The van der Waals surface area contributed by atoms with Crippen LogP contribution >= 0.6 is 0 Å². The molecule has 2 rings (SSSR count). The molecule has 1 amide bonds. The van der Waals surface area contributed by atoms with E-state index < -0.39 is 0 Å². The molecule has 0 spiro atoms. The van der Waals surface area contributed by atoms with E-state index in [1.807, 2.05) is 13.8 Å². The van der Waals surface area contributed by atoms with Crippen molar-refractivity contribution in [3.8, 4) is 0 Å². The van der Waals surface area contributed by atoms with Crippen molar-refractivity contribution >= 4 is 22.9 Å². The third-order valence-corrected chi connectivity index (χ3v) is 2.81. The van der Waals surface area contributed by atoms with Gasteiger partial charge in [0.05, 0.1) is 11.0 Å². The van der Waals surface area contributed by atoms with Crippen LogP contribution < -0.4 is 11.1 Å². The van der Waals surface area contributed by atoms with Gasteiger partial charge in [0.1, 0.15) is 12.4 Å². The first-order valence-electron chi connectivity index (χ1n) is 6.09. The Bertz CT molecular complexity index is 633. The summed E-state index contributed by atoms with van der Waals surface area (Å²) in [5.41, 5.74) is 7.40. The lowest BCUT2D eigenvalue weighted by atomic mass is 10.2. The Hall–Kier alpha value is -2.11. The number of nitrogens with zero attached hydrogens (tertiary/aromatic N) is 2. The number of amides is 1. The first-order chi connectivity index (χ1) is 8.88. The molecule has 6 heteroatoms. The number of nitrogens with one attached hydrogen (secondary N) is 1. The first kappa shape index (κ1) is 13.3. The Labute approximate surface area is 110 Å². The minimum absolute atomic E-state index is 0.0580. The molecule has 19 heavy (non-hydrogen) atoms. The van der Waals surface area contributed by atoms with Crippen LogP contribution in [0.4, 0.5) is 10.3 Å². The van der Waals surface area contributed by atoms with Gasteiger partial charge in [-0.15, -0.1) is 0 Å². The minimum atomic E-state index is -0.330. The number of benzene rings is 1. The number of aromatic nitrogens is 2. The van der Waals surface area contributed by atoms with Gasteiger partial charge in [-0.05, 0) is 32.4 Å². The van der Waals surface area contributed by atoms with E-state index >= 15 is 0 Å². The molecule has 1 aromatic carbocycles. The summed E-state index contributed by atoms with van der Waals surface area (Å²) < 4.78 is 15.0. The second-order valence-corrected chi connectivity index (χ2v) is 4.87. The predicted octanol–water partition coefficient (Wildman–Crippen LogP) is 1.59. The quantitative estimate of drug-likeness (QED) is 0.884. The Morgan fingerprint density at radius 3 is 2.84 bits per heavy atom. The molecular formula is C13H17FN4O. The van der Waals surface area contributed by atoms with Gasteiger partial charge in [-0.3, -0.25) is 4.79 Å². The molecule has 102 valence electrons. The highest BCUT2D eigenvalue weighted by molar-refractivity contribution is 5.83. The Morgan fingerprint density at radius 2 is 2.21 bits per heavy atom. The van der Waals surface area contributed by atoms with Crippen molar-refractivity contribution in [2.24, 2.45) is 0 Å². The summed E-state index contributed by atoms with van der Waals surface area (Å²) in [5.74, 6) is -0.273. The van der Waals surface area contributed by atoms with E-state index in [1.54, 1.807) is 17.6 Å². The fourth-order valence-corrected chi connectivity index (χ4v) is 1.95. The number of fused-ring (bicyclic) bond motifs is 1. The predicted molar refractivity (Wildman–Crippen MR) is 72.1 cm³/mol. The van der Waals surface area contributed by atoms with Gasteiger partial charge in [-0.2, -0.15) is 0 Å². The Kier molecular flexibility index (Phi) is 3.42. The zero-order valence-corrected chi connectivity index (χ0v) is 11.2. The number of carbonyl (C=O) groups is 1. The van der Waals surface area contributed by atoms with Crippen LogP contribution in [0, 0.1) is 12.7 Å².